The molecule has 246 valence electrons. The number of aryl methyl sites for hydroxylation is 2. The SMILES string of the molecule is COCCN(C(N)=O)c1cc(C)c(CCS(=O)(=O)N2CCC3(CC2)N=C(C2CCC(CCC(F)(F)F)CC2)NC3=O)c(C)c1. The van der Waals surface area contributed by atoms with Crippen LogP contribution in [0.4, 0.5) is 23.7 Å². The van der Waals surface area contributed by atoms with Crippen molar-refractivity contribution in [3.05, 3.63) is 28.8 Å². The molecule has 0 atom stereocenters. The topological polar surface area (TPSA) is 134 Å². The minimum atomic E-state index is -4.14. The number of amidine groups is 1. The number of aliphatic imine (C=N–C) groups is 1. The highest BCUT2D eigenvalue weighted by Crippen LogP contribution is 2.38. The molecule has 1 saturated heterocycles. The number of benzene rings is 1. The average Bonchev–Trinajstić information content (AvgIpc) is 3.26. The standard InChI is InChI=1S/C30H44F3N5O5S/c1-20-18-24(38(28(34)40)15-16-43-3)19-21(2)25(20)9-17-44(41,42)37-13-11-29(12-14-37)27(39)35-26(36-29)23-6-4-22(5-7-23)8-10-30(31,32)33/h18-19,22-23H,4-17H2,1-3H3,(H2,34,40)(H,35,36,39). The van der Waals surface area contributed by atoms with Crippen LogP contribution in [-0.4, -0.2) is 81.3 Å². The monoisotopic (exact) mass is 643 g/mol. The summed E-state index contributed by atoms with van der Waals surface area (Å²) in [5.41, 5.74) is 7.79. The summed E-state index contributed by atoms with van der Waals surface area (Å²) in [6.45, 7) is 4.73. The fourth-order valence-electron chi connectivity index (χ4n) is 6.73. The van der Waals surface area contributed by atoms with Gasteiger partial charge in [0.1, 0.15) is 11.4 Å². The van der Waals surface area contributed by atoms with Crippen LogP contribution in [0, 0.1) is 25.7 Å². The molecule has 14 heteroatoms. The van der Waals surface area contributed by atoms with Crippen molar-refractivity contribution in [2.45, 2.75) is 83.4 Å². The number of nitrogens with two attached hydrogens (primary N) is 1. The molecule has 0 unspecified atom stereocenters. The third kappa shape index (κ3) is 8.11. The summed E-state index contributed by atoms with van der Waals surface area (Å²) in [5.74, 6) is 0.333. The van der Waals surface area contributed by atoms with Gasteiger partial charge in [-0.25, -0.2) is 17.5 Å². The van der Waals surface area contributed by atoms with Gasteiger partial charge in [-0.2, -0.15) is 13.2 Å². The lowest BCUT2D eigenvalue weighted by atomic mass is 9.79. The summed E-state index contributed by atoms with van der Waals surface area (Å²) in [5, 5.41) is 2.92. The molecule has 3 aliphatic rings. The van der Waals surface area contributed by atoms with Crippen LogP contribution in [0.15, 0.2) is 17.1 Å². The van der Waals surface area contributed by atoms with Gasteiger partial charge in [-0.05, 0) is 100.0 Å². The number of sulfonamides is 1. The van der Waals surface area contributed by atoms with Crippen LogP contribution in [0.5, 0.6) is 0 Å². The zero-order chi connectivity index (χ0) is 32.3. The van der Waals surface area contributed by atoms with E-state index in [2.05, 4.69) is 5.32 Å². The second kappa shape index (κ2) is 13.7. The fraction of sp³-hybridized carbons (Fsp3) is 0.700. The van der Waals surface area contributed by atoms with Crippen LogP contribution < -0.4 is 16.0 Å². The van der Waals surface area contributed by atoms with E-state index in [1.807, 2.05) is 26.0 Å². The highest BCUT2D eigenvalue weighted by Gasteiger charge is 2.48. The van der Waals surface area contributed by atoms with Crippen molar-refractivity contribution >= 4 is 33.5 Å². The Morgan fingerprint density at radius 3 is 2.32 bits per heavy atom. The third-order valence-electron chi connectivity index (χ3n) is 9.40. The number of amides is 3. The van der Waals surface area contributed by atoms with Crippen LogP contribution in [-0.2, 0) is 26.0 Å². The van der Waals surface area contributed by atoms with E-state index in [4.69, 9.17) is 15.5 Å². The van der Waals surface area contributed by atoms with E-state index in [-0.39, 0.29) is 55.8 Å². The van der Waals surface area contributed by atoms with Gasteiger partial charge < -0.3 is 15.8 Å². The predicted octanol–water partition coefficient (Wildman–Crippen LogP) is 4.22. The first-order valence-corrected chi connectivity index (χ1v) is 16.9. The van der Waals surface area contributed by atoms with E-state index in [0.29, 0.717) is 56.8 Å². The number of nitrogens with zero attached hydrogens (tertiary/aromatic N) is 3. The zero-order valence-electron chi connectivity index (χ0n) is 25.7. The van der Waals surface area contributed by atoms with Gasteiger partial charge in [0.25, 0.3) is 5.91 Å². The highest BCUT2D eigenvalue weighted by atomic mass is 32.2. The molecular formula is C30H44F3N5O5S. The lowest BCUT2D eigenvalue weighted by Gasteiger charge is -2.35. The summed E-state index contributed by atoms with van der Waals surface area (Å²) in [6, 6.07) is 3.05. The number of carbonyl (C=O) groups is 2. The van der Waals surface area contributed by atoms with Gasteiger partial charge in [-0.1, -0.05) is 0 Å². The number of ether oxygens (including phenoxy) is 1. The minimum absolute atomic E-state index is 0.00937. The molecule has 2 aliphatic heterocycles. The van der Waals surface area contributed by atoms with Crippen LogP contribution >= 0.6 is 0 Å². The molecule has 0 bridgehead atoms. The highest BCUT2D eigenvalue weighted by molar-refractivity contribution is 7.89. The maximum Gasteiger partial charge on any atom is 0.389 e. The lowest BCUT2D eigenvalue weighted by Crippen LogP contribution is -2.51. The molecule has 2 fully saturated rings. The summed E-state index contributed by atoms with van der Waals surface area (Å²) in [4.78, 5) is 31.2. The van der Waals surface area contributed by atoms with Crippen molar-refractivity contribution < 1.29 is 35.9 Å². The number of halogens is 3. The molecule has 1 aliphatic carbocycles. The summed E-state index contributed by atoms with van der Waals surface area (Å²) in [7, 11) is -2.08. The molecule has 1 aromatic carbocycles. The maximum absolute atomic E-state index is 13.3. The van der Waals surface area contributed by atoms with Crippen LogP contribution in [0.1, 0.15) is 68.1 Å². The summed E-state index contributed by atoms with van der Waals surface area (Å²) < 4.78 is 71.0. The van der Waals surface area contributed by atoms with E-state index in [0.717, 1.165) is 16.7 Å². The van der Waals surface area contributed by atoms with Gasteiger partial charge in [-0.15, -0.1) is 0 Å². The summed E-state index contributed by atoms with van der Waals surface area (Å²) >= 11 is 0. The molecule has 2 heterocycles. The van der Waals surface area contributed by atoms with Crippen LogP contribution in [0.2, 0.25) is 0 Å². The Kier molecular flexibility index (Phi) is 10.7. The van der Waals surface area contributed by atoms with Crippen LogP contribution in [0.25, 0.3) is 0 Å². The first kappa shape index (κ1) is 34.2. The molecule has 44 heavy (non-hydrogen) atoms. The number of anilines is 1. The quantitative estimate of drug-likeness (QED) is 0.373. The number of carbonyl (C=O) groups excluding carboxylic acids is 2. The van der Waals surface area contributed by atoms with Crippen molar-refractivity contribution in [2.75, 3.05) is 44.0 Å². The second-order valence-electron chi connectivity index (χ2n) is 12.4. The number of piperidine rings is 1. The number of nitrogens with one attached hydrogen (secondary N) is 1. The van der Waals surface area contributed by atoms with Gasteiger partial charge in [0.05, 0.1) is 18.9 Å². The van der Waals surface area contributed by atoms with E-state index >= 15 is 0 Å². The number of urea groups is 1. The molecule has 3 N–H and O–H groups in total. The Labute approximate surface area is 257 Å². The van der Waals surface area contributed by atoms with Gasteiger partial charge >= 0.3 is 12.2 Å². The maximum atomic E-state index is 13.3. The van der Waals surface area contributed by atoms with Crippen molar-refractivity contribution in [2.24, 2.45) is 22.6 Å². The molecular weight excluding hydrogens is 599 g/mol. The normalized spacial score (nSPS) is 22.6. The molecule has 0 aromatic heterocycles. The Morgan fingerprint density at radius 1 is 1.16 bits per heavy atom. The predicted molar refractivity (Wildman–Crippen MR) is 162 cm³/mol. The third-order valence-corrected chi connectivity index (χ3v) is 11.3. The number of rotatable bonds is 11. The zero-order valence-corrected chi connectivity index (χ0v) is 26.5. The average molecular weight is 644 g/mol. The Morgan fingerprint density at radius 2 is 1.77 bits per heavy atom. The molecule has 1 spiro atoms. The van der Waals surface area contributed by atoms with E-state index in [1.165, 1.54) is 16.3 Å². The van der Waals surface area contributed by atoms with Crippen molar-refractivity contribution in [3.63, 3.8) is 0 Å². The van der Waals surface area contributed by atoms with E-state index in [1.54, 1.807) is 0 Å². The van der Waals surface area contributed by atoms with Crippen LogP contribution in [0.3, 0.4) is 0 Å². The van der Waals surface area contributed by atoms with Gasteiger partial charge in [0.2, 0.25) is 10.0 Å². The Balaban J connectivity index is 1.33. The van der Waals surface area contributed by atoms with Crippen molar-refractivity contribution in [1.29, 1.82) is 0 Å². The fourth-order valence-corrected chi connectivity index (χ4v) is 8.19. The van der Waals surface area contributed by atoms with Gasteiger partial charge in [0.15, 0.2) is 0 Å². The first-order valence-electron chi connectivity index (χ1n) is 15.3. The first-order chi connectivity index (χ1) is 20.6. The minimum Gasteiger partial charge on any atom is -0.383 e. The smallest absolute Gasteiger partial charge is 0.383 e. The van der Waals surface area contributed by atoms with Crippen molar-refractivity contribution in [3.8, 4) is 0 Å². The molecule has 10 nitrogen and oxygen atoms in total. The van der Waals surface area contributed by atoms with Gasteiger partial charge in [0, 0.05) is 38.2 Å². The lowest BCUT2D eigenvalue weighted by molar-refractivity contribution is -0.138. The Bertz CT molecular complexity index is 1330. The summed E-state index contributed by atoms with van der Waals surface area (Å²) in [6.07, 6.45) is -1.20. The largest absolute Gasteiger partial charge is 0.389 e. The second-order valence-corrected chi connectivity index (χ2v) is 14.4. The molecule has 4 rings (SSSR count). The molecule has 3 amide bonds. The number of hydrogen-bond donors (Lipinski definition) is 2. The van der Waals surface area contributed by atoms with E-state index < -0.39 is 34.2 Å². The number of methoxy groups -OCH3 is 1. The molecule has 1 saturated carbocycles. The van der Waals surface area contributed by atoms with Gasteiger partial charge in [-0.3, -0.25) is 14.7 Å². The molecule has 0 radical (unpaired) electrons. The Hall–Kier alpha value is -2.71. The number of alkyl halides is 3. The number of primary amides is 1. The van der Waals surface area contributed by atoms with E-state index in [9.17, 15) is 31.2 Å². The van der Waals surface area contributed by atoms with Crippen molar-refractivity contribution in [1.82, 2.24) is 9.62 Å². The molecule has 1 aromatic rings. The number of hydrogen-bond acceptors (Lipinski definition) is 6.